The summed E-state index contributed by atoms with van der Waals surface area (Å²) in [6, 6.07) is 4.41. The van der Waals surface area contributed by atoms with Crippen molar-refractivity contribution in [3.05, 3.63) is 23.2 Å². The summed E-state index contributed by atoms with van der Waals surface area (Å²) in [7, 11) is 0.379. The third-order valence-corrected chi connectivity index (χ3v) is 4.34. The highest BCUT2D eigenvalue weighted by Gasteiger charge is 2.17. The lowest BCUT2D eigenvalue weighted by atomic mass is 10.3. The van der Waals surface area contributed by atoms with Gasteiger partial charge in [0.2, 0.25) is 10.0 Å². The minimum absolute atomic E-state index is 0.0348. The fraction of sp³-hybridized carbons (Fsp3) is 0.500. The summed E-state index contributed by atoms with van der Waals surface area (Å²) >= 11 is 5.79. The van der Waals surface area contributed by atoms with E-state index in [9.17, 15) is 8.42 Å². The van der Waals surface area contributed by atoms with Crippen molar-refractivity contribution < 1.29 is 8.42 Å². The molecule has 0 radical (unpaired) electrons. The van der Waals surface area contributed by atoms with Crippen molar-refractivity contribution in [1.82, 2.24) is 9.62 Å². The first-order valence-corrected chi connectivity index (χ1v) is 7.88. The molecule has 0 fully saturated rings. The van der Waals surface area contributed by atoms with Crippen LogP contribution < -0.4 is 10.5 Å². The van der Waals surface area contributed by atoms with E-state index in [4.69, 9.17) is 17.3 Å². The van der Waals surface area contributed by atoms with Crippen LogP contribution in [0, 0.1) is 0 Å². The maximum absolute atomic E-state index is 12.0. The molecule has 5 nitrogen and oxygen atoms in total. The molecule has 0 aliphatic carbocycles. The summed E-state index contributed by atoms with van der Waals surface area (Å²) in [6.07, 6.45) is 1.71. The number of halogens is 1. The Morgan fingerprint density at radius 2 is 2.00 bits per heavy atom. The number of hydrogen-bond acceptors (Lipinski definition) is 4. The first-order valence-electron chi connectivity index (χ1n) is 6.02. The Morgan fingerprint density at radius 3 is 2.63 bits per heavy atom. The van der Waals surface area contributed by atoms with Crippen LogP contribution in [-0.4, -0.2) is 40.5 Å². The van der Waals surface area contributed by atoms with Crippen LogP contribution >= 0.6 is 11.6 Å². The number of benzene rings is 1. The van der Waals surface area contributed by atoms with Crippen molar-refractivity contribution in [3.8, 4) is 0 Å². The molecule has 108 valence electrons. The summed E-state index contributed by atoms with van der Waals surface area (Å²) < 4.78 is 26.6. The normalized spacial score (nSPS) is 12.0. The monoisotopic (exact) mass is 305 g/mol. The Balaban J connectivity index is 2.59. The van der Waals surface area contributed by atoms with Gasteiger partial charge in [-0.1, -0.05) is 11.6 Å². The van der Waals surface area contributed by atoms with Crippen LogP contribution in [0.2, 0.25) is 5.02 Å². The first-order chi connectivity index (χ1) is 8.83. The summed E-state index contributed by atoms with van der Waals surface area (Å²) in [5, 5.41) is 0.349. The van der Waals surface area contributed by atoms with Crippen molar-refractivity contribution in [2.75, 3.05) is 32.9 Å². The van der Waals surface area contributed by atoms with Gasteiger partial charge in [-0.25, -0.2) is 13.1 Å². The fourth-order valence-electron chi connectivity index (χ4n) is 1.58. The molecule has 0 aromatic heterocycles. The Morgan fingerprint density at radius 1 is 1.32 bits per heavy atom. The van der Waals surface area contributed by atoms with Crippen LogP contribution in [0.3, 0.4) is 0 Å². The molecule has 0 heterocycles. The molecule has 0 atom stereocenters. The van der Waals surface area contributed by atoms with E-state index in [0.29, 0.717) is 11.6 Å². The Labute approximate surface area is 119 Å². The Bertz CT molecular complexity index is 518. The zero-order valence-corrected chi connectivity index (χ0v) is 12.8. The van der Waals surface area contributed by atoms with Crippen molar-refractivity contribution in [2.45, 2.75) is 17.7 Å². The molecular weight excluding hydrogens is 286 g/mol. The van der Waals surface area contributed by atoms with E-state index in [1.54, 1.807) is 6.07 Å². The van der Waals surface area contributed by atoms with Gasteiger partial charge < -0.3 is 10.6 Å². The number of unbranched alkanes of at least 4 members (excludes halogenated alkanes) is 1. The number of rotatable bonds is 7. The molecule has 0 aliphatic rings. The van der Waals surface area contributed by atoms with Crippen molar-refractivity contribution in [1.29, 1.82) is 0 Å². The Hall–Kier alpha value is -0.820. The molecule has 19 heavy (non-hydrogen) atoms. The zero-order chi connectivity index (χ0) is 14.5. The van der Waals surface area contributed by atoms with Gasteiger partial charge in [0.05, 0.1) is 5.69 Å². The molecule has 1 aromatic rings. The predicted octanol–water partition coefficient (Wildman–Crippen LogP) is 1.54. The molecule has 1 rings (SSSR count). The zero-order valence-electron chi connectivity index (χ0n) is 11.2. The van der Waals surface area contributed by atoms with Crippen LogP contribution in [0.5, 0.6) is 0 Å². The number of hydrogen-bond donors (Lipinski definition) is 2. The first kappa shape index (κ1) is 16.2. The van der Waals surface area contributed by atoms with Crippen LogP contribution in [0.25, 0.3) is 0 Å². The number of nitrogen functional groups attached to an aromatic ring is 1. The van der Waals surface area contributed by atoms with Gasteiger partial charge in [0.25, 0.3) is 0 Å². The standard InChI is InChI=1S/C12H20ClN3O2S/c1-16(2)8-4-3-7-15-19(17,18)12-9-10(13)5-6-11(12)14/h5-6,9,15H,3-4,7-8,14H2,1-2H3. The van der Waals surface area contributed by atoms with Crippen molar-refractivity contribution in [3.63, 3.8) is 0 Å². The lowest BCUT2D eigenvalue weighted by molar-refractivity contribution is 0.394. The SMILES string of the molecule is CN(C)CCCCNS(=O)(=O)c1cc(Cl)ccc1N. The van der Waals surface area contributed by atoms with E-state index in [2.05, 4.69) is 9.62 Å². The number of sulfonamides is 1. The number of nitrogens with two attached hydrogens (primary N) is 1. The third kappa shape index (κ3) is 5.36. The topological polar surface area (TPSA) is 75.4 Å². The quantitative estimate of drug-likeness (QED) is 0.592. The minimum atomic E-state index is -3.59. The average Bonchev–Trinajstić information content (AvgIpc) is 2.31. The molecular formula is C12H20ClN3O2S. The summed E-state index contributed by atoms with van der Waals surface area (Å²) in [6.45, 7) is 1.32. The molecule has 0 bridgehead atoms. The van der Waals surface area contributed by atoms with Gasteiger partial charge in [-0.2, -0.15) is 0 Å². The van der Waals surface area contributed by atoms with Crippen LogP contribution in [-0.2, 0) is 10.0 Å². The van der Waals surface area contributed by atoms with Crippen LogP contribution in [0.1, 0.15) is 12.8 Å². The largest absolute Gasteiger partial charge is 0.398 e. The highest BCUT2D eigenvalue weighted by atomic mass is 35.5. The molecule has 0 aliphatic heterocycles. The van der Waals surface area contributed by atoms with Crippen LogP contribution in [0.4, 0.5) is 5.69 Å². The molecule has 0 saturated carbocycles. The highest BCUT2D eigenvalue weighted by molar-refractivity contribution is 7.89. The van der Waals surface area contributed by atoms with Gasteiger partial charge in [0.15, 0.2) is 0 Å². The highest BCUT2D eigenvalue weighted by Crippen LogP contribution is 2.22. The van der Waals surface area contributed by atoms with Crippen LogP contribution in [0.15, 0.2) is 23.1 Å². The number of anilines is 1. The molecule has 7 heteroatoms. The molecule has 3 N–H and O–H groups in total. The smallest absolute Gasteiger partial charge is 0.242 e. The summed E-state index contributed by atoms with van der Waals surface area (Å²) in [4.78, 5) is 2.09. The summed E-state index contributed by atoms with van der Waals surface area (Å²) in [5.74, 6) is 0. The van der Waals surface area contributed by atoms with Gasteiger partial charge >= 0.3 is 0 Å². The summed E-state index contributed by atoms with van der Waals surface area (Å²) in [5.41, 5.74) is 5.86. The molecule has 1 aromatic carbocycles. The van der Waals surface area contributed by atoms with E-state index in [-0.39, 0.29) is 10.6 Å². The number of nitrogens with one attached hydrogen (secondary N) is 1. The van der Waals surface area contributed by atoms with E-state index >= 15 is 0 Å². The number of nitrogens with zero attached hydrogens (tertiary/aromatic N) is 1. The lowest BCUT2D eigenvalue weighted by Crippen LogP contribution is -2.26. The van der Waals surface area contributed by atoms with E-state index in [1.807, 2.05) is 14.1 Å². The maximum Gasteiger partial charge on any atom is 0.242 e. The predicted molar refractivity (Wildman–Crippen MR) is 78.8 cm³/mol. The Kier molecular flexibility index (Phi) is 6.06. The second kappa shape index (κ2) is 7.09. The third-order valence-electron chi connectivity index (χ3n) is 2.59. The second-order valence-electron chi connectivity index (χ2n) is 4.59. The fourth-order valence-corrected chi connectivity index (χ4v) is 3.04. The van der Waals surface area contributed by atoms with Gasteiger partial charge in [-0.05, 0) is 51.7 Å². The van der Waals surface area contributed by atoms with Gasteiger partial charge in [0.1, 0.15) is 4.90 Å². The van der Waals surface area contributed by atoms with Crippen molar-refractivity contribution >= 4 is 27.3 Å². The molecule has 0 amide bonds. The van der Waals surface area contributed by atoms with E-state index in [1.165, 1.54) is 12.1 Å². The molecule has 0 unspecified atom stereocenters. The maximum atomic E-state index is 12.0. The minimum Gasteiger partial charge on any atom is -0.398 e. The second-order valence-corrected chi connectivity index (χ2v) is 6.76. The van der Waals surface area contributed by atoms with E-state index < -0.39 is 10.0 Å². The van der Waals surface area contributed by atoms with Gasteiger partial charge in [0, 0.05) is 11.6 Å². The van der Waals surface area contributed by atoms with Gasteiger partial charge in [-0.15, -0.1) is 0 Å². The average molecular weight is 306 g/mol. The molecule has 0 saturated heterocycles. The molecule has 0 spiro atoms. The van der Waals surface area contributed by atoms with Crippen molar-refractivity contribution in [2.24, 2.45) is 0 Å². The van der Waals surface area contributed by atoms with E-state index in [0.717, 1.165) is 19.4 Å². The lowest BCUT2D eigenvalue weighted by Gasteiger charge is -2.11. The van der Waals surface area contributed by atoms with Gasteiger partial charge in [-0.3, -0.25) is 0 Å².